The number of hydrogen-bond acceptors (Lipinski definition) is 0. The van der Waals surface area contributed by atoms with Crippen LogP contribution < -0.4 is 0 Å². The fraction of sp³-hybridized carbons (Fsp3) is 0.167. The van der Waals surface area contributed by atoms with Crippen molar-refractivity contribution in [2.24, 2.45) is 0 Å². The molecule has 0 fully saturated rings. The van der Waals surface area contributed by atoms with Crippen molar-refractivity contribution in [3.05, 3.63) is 47.5 Å². The summed E-state index contributed by atoms with van der Waals surface area (Å²) in [5, 5.41) is 0. The van der Waals surface area contributed by atoms with Crippen molar-refractivity contribution >= 4 is 12.2 Å². The molecule has 0 bridgehead atoms. The van der Waals surface area contributed by atoms with Gasteiger partial charge in [0.25, 0.3) is 0 Å². The molecule has 0 radical (unpaired) electrons. The lowest BCUT2D eigenvalue weighted by Gasteiger charge is -1.98. The molecule has 0 heterocycles. The van der Waals surface area contributed by atoms with Gasteiger partial charge in [-0.1, -0.05) is 48.6 Å². The summed E-state index contributed by atoms with van der Waals surface area (Å²) >= 11 is 0. The Bertz CT molecular complexity index is 262. The van der Waals surface area contributed by atoms with Gasteiger partial charge in [0.15, 0.2) is 0 Å². The molecule has 0 N–H and O–H groups in total. The van der Waals surface area contributed by atoms with Crippen molar-refractivity contribution in [2.45, 2.75) is 13.8 Å². The van der Waals surface area contributed by atoms with E-state index in [0.717, 1.165) is 0 Å². The second-order valence-corrected chi connectivity index (χ2v) is 2.63. The smallest absolute Gasteiger partial charge is 0.0187 e. The van der Waals surface area contributed by atoms with Crippen LogP contribution in [0, 0.1) is 0 Å². The molecule has 0 aromatic heterocycles. The number of benzene rings is 1. The maximum atomic E-state index is 2.12. The Kier molecular flexibility index (Phi) is 3.34. The van der Waals surface area contributed by atoms with Crippen molar-refractivity contribution in [3.8, 4) is 0 Å². The highest BCUT2D eigenvalue weighted by Gasteiger charge is 1.91. The summed E-state index contributed by atoms with van der Waals surface area (Å²) in [6.45, 7) is 4.07. The Morgan fingerprint density at radius 3 is 1.58 bits per heavy atom. The summed E-state index contributed by atoms with van der Waals surface area (Å²) in [6.07, 6.45) is 8.36. The molecule has 0 spiro atoms. The zero-order chi connectivity index (χ0) is 8.81. The summed E-state index contributed by atoms with van der Waals surface area (Å²) in [4.78, 5) is 0. The standard InChI is InChI=1S/C12H14/c1-3-7-11-9-5-6-10-12(11)8-4-2/h3-10H,1-2H3/b7-3-,8-4-. The van der Waals surface area contributed by atoms with Crippen molar-refractivity contribution in [3.63, 3.8) is 0 Å². The van der Waals surface area contributed by atoms with Gasteiger partial charge in [-0.25, -0.2) is 0 Å². The molecule has 0 aliphatic heterocycles. The van der Waals surface area contributed by atoms with E-state index in [1.807, 2.05) is 13.8 Å². The van der Waals surface area contributed by atoms with Gasteiger partial charge in [0.2, 0.25) is 0 Å². The van der Waals surface area contributed by atoms with Gasteiger partial charge in [-0.05, 0) is 25.0 Å². The van der Waals surface area contributed by atoms with E-state index in [9.17, 15) is 0 Å². The SMILES string of the molecule is C/C=C\c1ccccc1/C=C\C. The molecule has 0 aliphatic carbocycles. The Morgan fingerprint density at radius 1 is 0.833 bits per heavy atom. The minimum absolute atomic E-state index is 1.28. The monoisotopic (exact) mass is 158 g/mol. The highest BCUT2D eigenvalue weighted by atomic mass is 14.0. The van der Waals surface area contributed by atoms with E-state index in [0.29, 0.717) is 0 Å². The number of hydrogen-bond donors (Lipinski definition) is 0. The Morgan fingerprint density at radius 2 is 1.25 bits per heavy atom. The summed E-state index contributed by atoms with van der Waals surface area (Å²) < 4.78 is 0. The lowest BCUT2D eigenvalue weighted by Crippen LogP contribution is -1.77. The third-order valence-electron chi connectivity index (χ3n) is 1.69. The first-order valence-electron chi connectivity index (χ1n) is 4.23. The molecule has 0 unspecified atom stereocenters. The zero-order valence-corrected chi connectivity index (χ0v) is 7.62. The Balaban J connectivity index is 3.08. The van der Waals surface area contributed by atoms with Crippen LogP contribution in [0.4, 0.5) is 0 Å². The van der Waals surface area contributed by atoms with Crippen LogP contribution in [0.3, 0.4) is 0 Å². The van der Waals surface area contributed by atoms with E-state index in [4.69, 9.17) is 0 Å². The Hall–Kier alpha value is -1.30. The number of rotatable bonds is 2. The first kappa shape index (κ1) is 8.79. The highest BCUT2D eigenvalue weighted by molar-refractivity contribution is 5.64. The number of allylic oxidation sites excluding steroid dienone is 2. The first-order valence-corrected chi connectivity index (χ1v) is 4.23. The fourth-order valence-electron chi connectivity index (χ4n) is 1.17. The van der Waals surface area contributed by atoms with Gasteiger partial charge in [0.1, 0.15) is 0 Å². The average Bonchev–Trinajstić information content (AvgIpc) is 2.09. The topological polar surface area (TPSA) is 0 Å². The first-order chi connectivity index (χ1) is 5.88. The van der Waals surface area contributed by atoms with Gasteiger partial charge in [0, 0.05) is 0 Å². The average molecular weight is 158 g/mol. The van der Waals surface area contributed by atoms with Gasteiger partial charge in [-0.2, -0.15) is 0 Å². The largest absolute Gasteiger partial charge is 0.0870 e. The maximum Gasteiger partial charge on any atom is -0.0187 e. The molecule has 12 heavy (non-hydrogen) atoms. The normalized spacial score (nSPS) is 11.5. The molecule has 1 aromatic rings. The third-order valence-corrected chi connectivity index (χ3v) is 1.69. The molecule has 0 heteroatoms. The maximum absolute atomic E-state index is 2.12. The predicted octanol–water partition coefficient (Wildman–Crippen LogP) is 3.75. The Labute approximate surface area is 74.2 Å². The van der Waals surface area contributed by atoms with Crippen LogP contribution in [-0.2, 0) is 0 Å². The quantitative estimate of drug-likeness (QED) is 0.615. The van der Waals surface area contributed by atoms with Crippen molar-refractivity contribution in [1.82, 2.24) is 0 Å². The molecule has 0 saturated heterocycles. The van der Waals surface area contributed by atoms with Crippen LogP contribution in [0.25, 0.3) is 12.2 Å². The molecular formula is C12H14. The van der Waals surface area contributed by atoms with Crippen molar-refractivity contribution in [1.29, 1.82) is 0 Å². The van der Waals surface area contributed by atoms with Gasteiger partial charge < -0.3 is 0 Å². The van der Waals surface area contributed by atoms with E-state index in [-0.39, 0.29) is 0 Å². The summed E-state index contributed by atoms with van der Waals surface area (Å²) in [5.41, 5.74) is 2.55. The van der Waals surface area contributed by atoms with E-state index in [2.05, 4.69) is 48.6 Å². The third kappa shape index (κ3) is 2.09. The molecular weight excluding hydrogens is 144 g/mol. The van der Waals surface area contributed by atoms with Crippen LogP contribution in [0.1, 0.15) is 25.0 Å². The lowest BCUT2D eigenvalue weighted by atomic mass is 10.1. The predicted molar refractivity (Wildman–Crippen MR) is 55.9 cm³/mol. The van der Waals surface area contributed by atoms with Crippen LogP contribution in [0.2, 0.25) is 0 Å². The molecule has 0 aliphatic rings. The fourth-order valence-corrected chi connectivity index (χ4v) is 1.17. The lowest BCUT2D eigenvalue weighted by molar-refractivity contribution is 1.59. The van der Waals surface area contributed by atoms with Crippen LogP contribution in [0.15, 0.2) is 36.4 Å². The van der Waals surface area contributed by atoms with Crippen LogP contribution in [-0.4, -0.2) is 0 Å². The minimum Gasteiger partial charge on any atom is -0.0870 e. The van der Waals surface area contributed by atoms with Crippen molar-refractivity contribution < 1.29 is 0 Å². The van der Waals surface area contributed by atoms with E-state index < -0.39 is 0 Å². The second-order valence-electron chi connectivity index (χ2n) is 2.63. The van der Waals surface area contributed by atoms with Gasteiger partial charge in [0.05, 0.1) is 0 Å². The molecule has 1 rings (SSSR count). The summed E-state index contributed by atoms with van der Waals surface area (Å²) in [6, 6.07) is 8.36. The molecule has 0 amide bonds. The van der Waals surface area contributed by atoms with Gasteiger partial charge >= 0.3 is 0 Å². The molecule has 62 valence electrons. The summed E-state index contributed by atoms with van der Waals surface area (Å²) in [5.74, 6) is 0. The molecule has 0 saturated carbocycles. The van der Waals surface area contributed by atoms with Gasteiger partial charge in [-0.3, -0.25) is 0 Å². The second kappa shape index (κ2) is 4.55. The van der Waals surface area contributed by atoms with E-state index in [1.54, 1.807) is 0 Å². The zero-order valence-electron chi connectivity index (χ0n) is 7.62. The summed E-state index contributed by atoms with van der Waals surface area (Å²) in [7, 11) is 0. The van der Waals surface area contributed by atoms with E-state index in [1.165, 1.54) is 11.1 Å². The van der Waals surface area contributed by atoms with Crippen LogP contribution in [0.5, 0.6) is 0 Å². The van der Waals surface area contributed by atoms with Crippen molar-refractivity contribution in [2.75, 3.05) is 0 Å². The van der Waals surface area contributed by atoms with Gasteiger partial charge in [-0.15, -0.1) is 0 Å². The molecule has 1 aromatic carbocycles. The van der Waals surface area contributed by atoms with E-state index >= 15 is 0 Å². The highest BCUT2D eigenvalue weighted by Crippen LogP contribution is 2.12. The molecule has 0 atom stereocenters. The molecule has 0 nitrogen and oxygen atoms in total. The minimum atomic E-state index is 1.28. The van der Waals surface area contributed by atoms with Crippen LogP contribution >= 0.6 is 0 Å².